The third-order valence-electron chi connectivity index (χ3n) is 5.15. The number of carbonyl (C=O) groups is 2. The fourth-order valence-corrected chi connectivity index (χ4v) is 3.57. The number of benzene rings is 1. The maximum absolute atomic E-state index is 13.0. The summed E-state index contributed by atoms with van der Waals surface area (Å²) in [6.45, 7) is 3.79. The van der Waals surface area contributed by atoms with Crippen molar-refractivity contribution in [3.63, 3.8) is 0 Å². The van der Waals surface area contributed by atoms with Crippen LogP contribution in [0, 0.1) is 0 Å². The van der Waals surface area contributed by atoms with E-state index in [1.165, 1.54) is 5.56 Å². The number of para-hydroxylation sites is 1. The van der Waals surface area contributed by atoms with Crippen LogP contribution in [-0.4, -0.2) is 66.4 Å². The van der Waals surface area contributed by atoms with Crippen molar-refractivity contribution in [1.82, 2.24) is 14.8 Å². The maximum Gasteiger partial charge on any atom is 0.259 e. The van der Waals surface area contributed by atoms with Gasteiger partial charge in [0.15, 0.2) is 0 Å². The minimum absolute atomic E-state index is 0.0536. The van der Waals surface area contributed by atoms with Crippen molar-refractivity contribution in [3.8, 4) is 0 Å². The van der Waals surface area contributed by atoms with Gasteiger partial charge in [-0.2, -0.15) is 0 Å². The molecule has 4 rings (SSSR count). The first kappa shape index (κ1) is 16.7. The predicted octanol–water partition coefficient (Wildman–Crippen LogP) is 1.67. The SMILES string of the molecule is CN1CCN(C(=O)c2cncc(C(=O)N3CCc4ccccc43)c2)CC1. The summed E-state index contributed by atoms with van der Waals surface area (Å²) >= 11 is 0. The molecule has 2 aliphatic rings. The molecule has 3 heterocycles. The van der Waals surface area contributed by atoms with Crippen LogP contribution in [0.5, 0.6) is 0 Å². The van der Waals surface area contributed by atoms with Crippen LogP contribution in [0.15, 0.2) is 42.7 Å². The summed E-state index contributed by atoms with van der Waals surface area (Å²) in [7, 11) is 2.05. The zero-order valence-corrected chi connectivity index (χ0v) is 14.9. The third-order valence-corrected chi connectivity index (χ3v) is 5.15. The number of hydrogen-bond acceptors (Lipinski definition) is 4. The number of fused-ring (bicyclic) bond motifs is 1. The van der Waals surface area contributed by atoms with Crippen LogP contribution in [0.4, 0.5) is 5.69 Å². The molecule has 0 N–H and O–H groups in total. The van der Waals surface area contributed by atoms with Gasteiger partial charge in [-0.3, -0.25) is 14.6 Å². The highest BCUT2D eigenvalue weighted by Crippen LogP contribution is 2.28. The highest BCUT2D eigenvalue weighted by Gasteiger charge is 2.27. The lowest BCUT2D eigenvalue weighted by molar-refractivity contribution is 0.0663. The van der Waals surface area contributed by atoms with Crippen LogP contribution in [0.3, 0.4) is 0 Å². The van der Waals surface area contributed by atoms with Crippen molar-refractivity contribution >= 4 is 17.5 Å². The molecule has 0 atom stereocenters. The molecule has 2 amide bonds. The highest BCUT2D eigenvalue weighted by molar-refractivity contribution is 6.08. The van der Waals surface area contributed by atoms with Gasteiger partial charge in [0.05, 0.1) is 11.1 Å². The van der Waals surface area contributed by atoms with Crippen molar-refractivity contribution in [2.75, 3.05) is 44.7 Å². The Bertz CT molecular complexity index is 843. The van der Waals surface area contributed by atoms with E-state index < -0.39 is 0 Å². The van der Waals surface area contributed by atoms with Crippen molar-refractivity contribution in [2.45, 2.75) is 6.42 Å². The number of carbonyl (C=O) groups excluding carboxylic acids is 2. The van der Waals surface area contributed by atoms with Crippen LogP contribution in [-0.2, 0) is 6.42 Å². The summed E-state index contributed by atoms with van der Waals surface area (Å²) in [5.74, 6) is -0.155. The van der Waals surface area contributed by atoms with Gasteiger partial charge in [-0.1, -0.05) is 18.2 Å². The molecule has 0 bridgehead atoms. The zero-order valence-electron chi connectivity index (χ0n) is 14.9. The molecule has 0 saturated carbocycles. The number of amides is 2. The highest BCUT2D eigenvalue weighted by atomic mass is 16.2. The van der Waals surface area contributed by atoms with Gasteiger partial charge >= 0.3 is 0 Å². The number of likely N-dealkylation sites (N-methyl/N-ethyl adjacent to an activating group) is 1. The molecular weight excluding hydrogens is 328 g/mol. The standard InChI is InChI=1S/C20H22N4O2/c1-22-8-10-23(11-9-22)19(25)16-12-17(14-21-13-16)20(26)24-7-6-15-4-2-3-5-18(15)24/h2-5,12-14H,6-11H2,1H3. The lowest BCUT2D eigenvalue weighted by Crippen LogP contribution is -2.47. The lowest BCUT2D eigenvalue weighted by Gasteiger charge is -2.32. The average Bonchev–Trinajstić information content (AvgIpc) is 3.12. The Kier molecular flexibility index (Phi) is 4.42. The quantitative estimate of drug-likeness (QED) is 0.827. The summed E-state index contributed by atoms with van der Waals surface area (Å²) in [5, 5.41) is 0. The van der Waals surface area contributed by atoms with Crippen LogP contribution >= 0.6 is 0 Å². The van der Waals surface area contributed by atoms with E-state index in [2.05, 4.69) is 16.9 Å². The predicted molar refractivity (Wildman–Crippen MR) is 99.5 cm³/mol. The molecule has 1 fully saturated rings. The minimum atomic E-state index is -0.101. The van der Waals surface area contributed by atoms with Gasteiger partial charge in [-0.05, 0) is 31.2 Å². The average molecular weight is 350 g/mol. The Labute approximate surface area is 153 Å². The van der Waals surface area contributed by atoms with Gasteiger partial charge in [0.1, 0.15) is 0 Å². The Balaban J connectivity index is 1.54. The molecule has 2 aliphatic heterocycles. The molecule has 6 nitrogen and oxygen atoms in total. The molecule has 0 aliphatic carbocycles. The number of nitrogens with zero attached hydrogens (tertiary/aromatic N) is 4. The van der Waals surface area contributed by atoms with Crippen molar-refractivity contribution in [3.05, 3.63) is 59.4 Å². The molecule has 1 saturated heterocycles. The molecule has 0 spiro atoms. The van der Waals surface area contributed by atoms with Crippen LogP contribution in [0.25, 0.3) is 0 Å². The van der Waals surface area contributed by atoms with E-state index in [-0.39, 0.29) is 11.8 Å². The molecule has 0 unspecified atom stereocenters. The van der Waals surface area contributed by atoms with E-state index in [1.54, 1.807) is 23.4 Å². The third kappa shape index (κ3) is 3.08. The Morgan fingerprint density at radius 1 is 0.923 bits per heavy atom. The molecule has 2 aromatic rings. The first-order valence-corrected chi connectivity index (χ1v) is 8.96. The van der Waals surface area contributed by atoms with Crippen LogP contribution in [0.2, 0.25) is 0 Å². The molecule has 26 heavy (non-hydrogen) atoms. The smallest absolute Gasteiger partial charge is 0.259 e. The number of pyridine rings is 1. The van der Waals surface area contributed by atoms with E-state index in [4.69, 9.17) is 0 Å². The van der Waals surface area contributed by atoms with E-state index in [0.717, 1.165) is 25.2 Å². The second-order valence-corrected chi connectivity index (χ2v) is 6.89. The van der Waals surface area contributed by atoms with Gasteiger partial charge in [0.25, 0.3) is 11.8 Å². The first-order valence-electron chi connectivity index (χ1n) is 8.96. The van der Waals surface area contributed by atoms with Crippen molar-refractivity contribution < 1.29 is 9.59 Å². The normalized spacial score (nSPS) is 17.3. The Morgan fingerprint density at radius 3 is 2.38 bits per heavy atom. The molecule has 134 valence electrons. The molecule has 1 aromatic carbocycles. The summed E-state index contributed by atoms with van der Waals surface area (Å²) in [6.07, 6.45) is 3.95. The number of hydrogen-bond donors (Lipinski definition) is 0. The van der Waals surface area contributed by atoms with Gasteiger partial charge in [0.2, 0.25) is 0 Å². The van der Waals surface area contributed by atoms with Gasteiger partial charge in [0, 0.05) is 50.8 Å². The maximum atomic E-state index is 13.0. The summed E-state index contributed by atoms with van der Waals surface area (Å²) in [5.41, 5.74) is 3.07. The topological polar surface area (TPSA) is 56.8 Å². The molecule has 0 radical (unpaired) electrons. The fraction of sp³-hybridized carbons (Fsp3) is 0.350. The summed E-state index contributed by atoms with van der Waals surface area (Å²) < 4.78 is 0. The summed E-state index contributed by atoms with van der Waals surface area (Å²) in [4.78, 5) is 35.7. The van der Waals surface area contributed by atoms with E-state index in [0.29, 0.717) is 30.8 Å². The van der Waals surface area contributed by atoms with E-state index in [1.807, 2.05) is 29.2 Å². The van der Waals surface area contributed by atoms with Crippen molar-refractivity contribution in [1.29, 1.82) is 0 Å². The number of aromatic nitrogens is 1. The van der Waals surface area contributed by atoms with Gasteiger partial charge < -0.3 is 14.7 Å². The Morgan fingerprint density at radius 2 is 1.62 bits per heavy atom. The second kappa shape index (κ2) is 6.88. The second-order valence-electron chi connectivity index (χ2n) is 6.89. The van der Waals surface area contributed by atoms with Gasteiger partial charge in [-0.25, -0.2) is 0 Å². The number of rotatable bonds is 2. The Hall–Kier alpha value is -2.73. The number of anilines is 1. The fourth-order valence-electron chi connectivity index (χ4n) is 3.57. The van der Waals surface area contributed by atoms with E-state index in [9.17, 15) is 9.59 Å². The molecular formula is C20H22N4O2. The number of piperazine rings is 1. The first-order chi connectivity index (χ1) is 12.6. The van der Waals surface area contributed by atoms with E-state index >= 15 is 0 Å². The van der Waals surface area contributed by atoms with Gasteiger partial charge in [-0.15, -0.1) is 0 Å². The molecule has 1 aromatic heterocycles. The monoisotopic (exact) mass is 350 g/mol. The largest absolute Gasteiger partial charge is 0.336 e. The minimum Gasteiger partial charge on any atom is -0.336 e. The summed E-state index contributed by atoms with van der Waals surface area (Å²) in [6, 6.07) is 9.62. The van der Waals surface area contributed by atoms with Crippen LogP contribution < -0.4 is 4.90 Å². The zero-order chi connectivity index (χ0) is 18.1. The van der Waals surface area contributed by atoms with Crippen molar-refractivity contribution in [2.24, 2.45) is 0 Å². The molecule has 6 heteroatoms. The lowest BCUT2D eigenvalue weighted by atomic mass is 10.1. The van der Waals surface area contributed by atoms with Crippen LogP contribution in [0.1, 0.15) is 26.3 Å².